The van der Waals surface area contributed by atoms with Crippen molar-refractivity contribution in [2.45, 2.75) is 25.7 Å². The predicted octanol–water partition coefficient (Wildman–Crippen LogP) is -0.218. The molecule has 0 saturated heterocycles. The molecule has 1 rings (SSSR count). The Morgan fingerprint density at radius 2 is 0.950 bits per heavy atom. The Balaban J connectivity index is 0.000000361. The van der Waals surface area contributed by atoms with Crippen LogP contribution in [0, 0.1) is 11.8 Å². The molecule has 0 bridgehead atoms. The lowest BCUT2D eigenvalue weighted by molar-refractivity contribution is 0.0222. The van der Waals surface area contributed by atoms with Crippen LogP contribution < -0.4 is 0 Å². The lowest BCUT2D eigenvalue weighted by Crippen LogP contribution is -2.19. The molecule has 122 valence electrons. The molecule has 0 aromatic carbocycles. The predicted molar refractivity (Wildman–Crippen MR) is 75.4 cm³/mol. The smallest absolute Gasteiger partial charge is 0.0701 e. The van der Waals surface area contributed by atoms with Crippen molar-refractivity contribution in [2.24, 2.45) is 11.8 Å². The van der Waals surface area contributed by atoms with Crippen LogP contribution >= 0.6 is 0 Å². The Hall–Kier alpha value is -0.240. The van der Waals surface area contributed by atoms with Crippen LogP contribution in [0.15, 0.2) is 0 Å². The Morgan fingerprint density at radius 1 is 0.600 bits per heavy atom. The van der Waals surface area contributed by atoms with Crippen molar-refractivity contribution >= 4 is 0 Å². The molecule has 1 fully saturated rings. The third-order valence-corrected chi connectivity index (χ3v) is 3.33. The van der Waals surface area contributed by atoms with E-state index in [4.69, 9.17) is 29.9 Å². The molecule has 6 nitrogen and oxygen atoms in total. The van der Waals surface area contributed by atoms with Gasteiger partial charge in [-0.15, -0.1) is 0 Å². The maximum Gasteiger partial charge on any atom is 0.0701 e. The zero-order valence-electron chi connectivity index (χ0n) is 12.2. The van der Waals surface area contributed by atoms with Gasteiger partial charge in [0.05, 0.1) is 39.6 Å². The van der Waals surface area contributed by atoms with Gasteiger partial charge in [-0.1, -0.05) is 0 Å². The quantitative estimate of drug-likeness (QED) is 0.439. The van der Waals surface area contributed by atoms with Gasteiger partial charge < -0.3 is 29.9 Å². The number of hydrogen-bond acceptors (Lipinski definition) is 6. The normalized spacial score (nSPS) is 22.2. The van der Waals surface area contributed by atoms with Gasteiger partial charge in [0.1, 0.15) is 0 Å². The molecule has 0 aromatic rings. The van der Waals surface area contributed by atoms with E-state index >= 15 is 0 Å². The summed E-state index contributed by atoms with van der Waals surface area (Å²) in [5.41, 5.74) is 0. The highest BCUT2D eigenvalue weighted by Gasteiger charge is 2.19. The van der Waals surface area contributed by atoms with E-state index in [1.807, 2.05) is 0 Å². The van der Waals surface area contributed by atoms with Gasteiger partial charge >= 0.3 is 0 Å². The summed E-state index contributed by atoms with van der Waals surface area (Å²) in [6.07, 6.45) is 4.40. The molecular weight excluding hydrogens is 264 g/mol. The van der Waals surface area contributed by atoms with E-state index in [0.29, 0.717) is 51.5 Å². The standard InChI is InChI=1S/C8H16O2.C6H14O4/c9-5-7-1-2-8(6-10)4-3-7;7-1-3-9-5-6-10-4-2-8/h7-10H,1-6H2;7-8H,1-6H2. The summed E-state index contributed by atoms with van der Waals surface area (Å²) in [5.74, 6) is 1.03. The molecule has 1 saturated carbocycles. The molecule has 0 radical (unpaired) electrons. The maximum atomic E-state index is 8.79. The molecule has 4 N–H and O–H groups in total. The number of ether oxygens (including phenoxy) is 2. The molecule has 0 aromatic heterocycles. The Kier molecular flexibility index (Phi) is 15.0. The molecule has 0 heterocycles. The molecule has 20 heavy (non-hydrogen) atoms. The van der Waals surface area contributed by atoms with E-state index in [-0.39, 0.29) is 13.2 Å². The zero-order chi connectivity index (χ0) is 15.1. The highest BCUT2D eigenvalue weighted by molar-refractivity contribution is 4.70. The van der Waals surface area contributed by atoms with Crippen molar-refractivity contribution < 1.29 is 29.9 Å². The Labute approximate surface area is 121 Å². The van der Waals surface area contributed by atoms with Gasteiger partial charge in [0.25, 0.3) is 0 Å². The fraction of sp³-hybridized carbons (Fsp3) is 1.00. The van der Waals surface area contributed by atoms with Gasteiger partial charge in [-0.25, -0.2) is 0 Å². The van der Waals surface area contributed by atoms with E-state index < -0.39 is 0 Å². The maximum absolute atomic E-state index is 8.79. The van der Waals surface area contributed by atoms with Gasteiger partial charge in [0, 0.05) is 13.2 Å². The monoisotopic (exact) mass is 294 g/mol. The second-order valence-corrected chi connectivity index (χ2v) is 4.92. The van der Waals surface area contributed by atoms with Crippen LogP contribution in [0.4, 0.5) is 0 Å². The van der Waals surface area contributed by atoms with Crippen LogP contribution in [-0.2, 0) is 9.47 Å². The molecule has 0 unspecified atom stereocenters. The summed E-state index contributed by atoms with van der Waals surface area (Å²) >= 11 is 0. The fourth-order valence-electron chi connectivity index (χ4n) is 2.05. The first-order chi connectivity index (χ1) is 9.78. The van der Waals surface area contributed by atoms with Crippen LogP contribution in [0.1, 0.15) is 25.7 Å². The summed E-state index contributed by atoms with van der Waals surface area (Å²) in [7, 11) is 0. The summed E-state index contributed by atoms with van der Waals surface area (Å²) in [4.78, 5) is 0. The molecule has 6 heteroatoms. The van der Waals surface area contributed by atoms with Gasteiger partial charge in [-0.3, -0.25) is 0 Å². The van der Waals surface area contributed by atoms with Gasteiger partial charge in [0.15, 0.2) is 0 Å². The molecule has 0 spiro atoms. The second kappa shape index (κ2) is 15.2. The summed E-state index contributed by atoms with van der Waals surface area (Å²) in [6.45, 7) is 2.39. The van der Waals surface area contributed by atoms with Crippen molar-refractivity contribution in [1.29, 1.82) is 0 Å². The van der Waals surface area contributed by atoms with Crippen molar-refractivity contribution in [3.8, 4) is 0 Å². The van der Waals surface area contributed by atoms with Crippen LogP contribution in [-0.4, -0.2) is 73.3 Å². The first-order valence-corrected chi connectivity index (χ1v) is 7.37. The molecule has 0 atom stereocenters. The average molecular weight is 294 g/mol. The Morgan fingerprint density at radius 3 is 1.20 bits per heavy atom. The molecule has 1 aliphatic rings. The molecule has 1 aliphatic carbocycles. The number of rotatable bonds is 9. The van der Waals surface area contributed by atoms with E-state index in [1.54, 1.807) is 0 Å². The molecular formula is C14H30O6. The largest absolute Gasteiger partial charge is 0.396 e. The van der Waals surface area contributed by atoms with Crippen LogP contribution in [0.2, 0.25) is 0 Å². The highest BCUT2D eigenvalue weighted by atomic mass is 16.5. The fourth-order valence-corrected chi connectivity index (χ4v) is 2.05. The third kappa shape index (κ3) is 11.6. The van der Waals surface area contributed by atoms with Gasteiger partial charge in [-0.2, -0.15) is 0 Å². The number of aliphatic hydroxyl groups excluding tert-OH is 4. The topological polar surface area (TPSA) is 99.4 Å². The summed E-state index contributed by atoms with van der Waals surface area (Å²) in [5, 5.41) is 34.1. The first-order valence-electron chi connectivity index (χ1n) is 7.37. The van der Waals surface area contributed by atoms with Crippen molar-refractivity contribution in [3.63, 3.8) is 0 Å². The van der Waals surface area contributed by atoms with Crippen molar-refractivity contribution in [2.75, 3.05) is 52.9 Å². The zero-order valence-corrected chi connectivity index (χ0v) is 12.2. The average Bonchev–Trinajstić information content (AvgIpc) is 2.51. The van der Waals surface area contributed by atoms with E-state index in [9.17, 15) is 0 Å². The number of aliphatic hydroxyl groups is 4. The summed E-state index contributed by atoms with van der Waals surface area (Å²) in [6, 6.07) is 0. The van der Waals surface area contributed by atoms with Gasteiger partial charge in [0.2, 0.25) is 0 Å². The lowest BCUT2D eigenvalue weighted by atomic mass is 9.83. The molecule has 0 amide bonds. The minimum atomic E-state index is 0.0417. The van der Waals surface area contributed by atoms with Crippen LogP contribution in [0.3, 0.4) is 0 Å². The number of hydrogen-bond donors (Lipinski definition) is 4. The van der Waals surface area contributed by atoms with Crippen molar-refractivity contribution in [3.05, 3.63) is 0 Å². The van der Waals surface area contributed by atoms with Crippen LogP contribution in [0.25, 0.3) is 0 Å². The first kappa shape index (κ1) is 19.8. The minimum Gasteiger partial charge on any atom is -0.396 e. The van der Waals surface area contributed by atoms with Crippen molar-refractivity contribution in [1.82, 2.24) is 0 Å². The minimum absolute atomic E-state index is 0.0417. The van der Waals surface area contributed by atoms with E-state index in [0.717, 1.165) is 25.7 Å². The highest BCUT2D eigenvalue weighted by Crippen LogP contribution is 2.27. The lowest BCUT2D eigenvalue weighted by Gasteiger charge is -2.25. The second-order valence-electron chi connectivity index (χ2n) is 4.92. The Bertz CT molecular complexity index is 163. The molecule has 0 aliphatic heterocycles. The summed E-state index contributed by atoms with van der Waals surface area (Å²) < 4.78 is 9.75. The van der Waals surface area contributed by atoms with E-state index in [2.05, 4.69) is 0 Å². The van der Waals surface area contributed by atoms with Gasteiger partial charge in [-0.05, 0) is 37.5 Å². The van der Waals surface area contributed by atoms with Crippen LogP contribution in [0.5, 0.6) is 0 Å². The SMILES string of the molecule is OCC1CCC(CO)CC1.OCCOCCOCCO. The van der Waals surface area contributed by atoms with E-state index in [1.165, 1.54) is 0 Å². The third-order valence-electron chi connectivity index (χ3n) is 3.33.